The number of aromatic hydroxyl groups is 1. The quantitative estimate of drug-likeness (QED) is 0.0432. The molecule has 0 aliphatic carbocycles. The molecule has 6 aromatic carbocycles. The summed E-state index contributed by atoms with van der Waals surface area (Å²) < 4.78 is 66.6. The Labute approximate surface area is 312 Å². The van der Waals surface area contributed by atoms with Gasteiger partial charge in [-0.1, -0.05) is 30.3 Å². The van der Waals surface area contributed by atoms with E-state index in [4.69, 9.17) is 11.5 Å². The average molecular weight is 781 g/mol. The van der Waals surface area contributed by atoms with Gasteiger partial charge in [0, 0.05) is 5.39 Å². The summed E-state index contributed by atoms with van der Waals surface area (Å²) in [6.07, 6.45) is 0. The van der Waals surface area contributed by atoms with Gasteiger partial charge in [0.2, 0.25) is 0 Å². The molecule has 0 aromatic heterocycles. The highest BCUT2D eigenvalue weighted by Gasteiger charge is 2.21. The number of carboxylic acids is 1. The van der Waals surface area contributed by atoms with Crippen LogP contribution in [0.25, 0.3) is 21.9 Å². The van der Waals surface area contributed by atoms with Crippen LogP contribution in [0.15, 0.2) is 144 Å². The van der Waals surface area contributed by atoms with Gasteiger partial charge in [-0.05, 0) is 102 Å². The minimum Gasteiger partial charge on any atom is -0.507 e. The molecule has 0 amide bonds. The summed E-state index contributed by atoms with van der Waals surface area (Å²) in [5.41, 5.74) is 16.7. The van der Waals surface area contributed by atoms with Crippen LogP contribution in [0.2, 0.25) is 0 Å². The Morgan fingerprint density at radius 2 is 1.13 bits per heavy atom. The Kier molecular flexibility index (Phi) is 10.2. The molecular formula is C36H28N8O9S2. The molecule has 0 fully saturated rings. The van der Waals surface area contributed by atoms with Crippen molar-refractivity contribution in [2.75, 3.05) is 11.5 Å². The standard InChI is InChI=1S/C36H28N8O9S2/c1-19-14-30(43-42-25-11-6-22-15-27(54(48,49)50)18-32(28(22)16-25)55(51,52)53)34(38)35(33(19)37)44-40-24-9-4-21(5-10-24)20-2-7-23(8-3-20)39-41-26-12-13-31(45)29(17-26)36(46)47/h2-18,45H,37-38H2,1H3,(H,46,47)(H,48,49,50)(H,51,52,53). The monoisotopic (exact) mass is 780 g/mol. The number of hydrogen-bond acceptors (Lipinski definition) is 14. The first-order chi connectivity index (χ1) is 26.0. The maximum atomic E-state index is 12.1. The largest absolute Gasteiger partial charge is 0.507 e. The highest BCUT2D eigenvalue weighted by atomic mass is 32.2. The highest BCUT2D eigenvalue weighted by Crippen LogP contribution is 2.41. The van der Waals surface area contributed by atoms with Crippen LogP contribution in [0.3, 0.4) is 0 Å². The zero-order valence-corrected chi connectivity index (χ0v) is 29.9. The second-order valence-electron chi connectivity index (χ2n) is 11.9. The maximum absolute atomic E-state index is 12.1. The summed E-state index contributed by atoms with van der Waals surface area (Å²) in [5, 5.41) is 43.9. The van der Waals surface area contributed by atoms with Gasteiger partial charge >= 0.3 is 5.97 Å². The molecule has 0 heterocycles. The fourth-order valence-corrected chi connectivity index (χ4v) is 6.60. The number of nitrogens with two attached hydrogens (primary N) is 2. The number of aromatic carboxylic acids is 1. The van der Waals surface area contributed by atoms with Crippen LogP contribution in [-0.4, -0.2) is 42.1 Å². The third-order valence-electron chi connectivity index (χ3n) is 8.11. The molecule has 6 aromatic rings. The van der Waals surface area contributed by atoms with Crippen molar-refractivity contribution in [3.8, 4) is 16.9 Å². The van der Waals surface area contributed by atoms with Gasteiger partial charge in [0.1, 0.15) is 27.6 Å². The summed E-state index contributed by atoms with van der Waals surface area (Å²) in [4.78, 5) is 9.77. The van der Waals surface area contributed by atoms with Crippen LogP contribution >= 0.6 is 0 Å². The van der Waals surface area contributed by atoms with E-state index >= 15 is 0 Å². The Morgan fingerprint density at radius 3 is 1.71 bits per heavy atom. The number of aryl methyl sites for hydroxylation is 1. The van der Waals surface area contributed by atoms with Crippen molar-refractivity contribution in [1.29, 1.82) is 0 Å². The molecule has 0 aliphatic heterocycles. The van der Waals surface area contributed by atoms with Crippen LogP contribution < -0.4 is 11.5 Å². The van der Waals surface area contributed by atoms with Crippen LogP contribution in [0.4, 0.5) is 45.5 Å². The van der Waals surface area contributed by atoms with Gasteiger partial charge in [0.15, 0.2) is 0 Å². The molecule has 17 nitrogen and oxygen atoms in total. The predicted octanol–water partition coefficient (Wildman–Crippen LogP) is 9.12. The van der Waals surface area contributed by atoms with Gasteiger partial charge in [0.05, 0.1) is 39.0 Å². The number of azo groups is 3. The van der Waals surface area contributed by atoms with E-state index in [2.05, 4.69) is 30.7 Å². The molecule has 0 saturated heterocycles. The van der Waals surface area contributed by atoms with Crippen molar-refractivity contribution in [2.45, 2.75) is 16.7 Å². The molecular weight excluding hydrogens is 753 g/mol. The first-order valence-electron chi connectivity index (χ1n) is 15.7. The molecule has 278 valence electrons. The SMILES string of the molecule is Cc1cc(N=Nc2ccc3cc(S(=O)(=O)O)cc(S(=O)(=O)O)c3c2)c(N)c(N=Nc2ccc(-c3ccc(N=Nc4ccc(O)c(C(=O)O)c4)cc3)cc2)c1N. The normalized spacial score (nSPS) is 12.3. The molecule has 55 heavy (non-hydrogen) atoms. The van der Waals surface area contributed by atoms with E-state index in [0.29, 0.717) is 23.0 Å². The third-order valence-corrected chi connectivity index (χ3v) is 9.84. The summed E-state index contributed by atoms with van der Waals surface area (Å²) in [5.74, 6) is -1.65. The van der Waals surface area contributed by atoms with Crippen molar-refractivity contribution in [3.05, 3.63) is 114 Å². The van der Waals surface area contributed by atoms with Gasteiger partial charge < -0.3 is 21.7 Å². The van der Waals surface area contributed by atoms with Gasteiger partial charge in [-0.15, -0.1) is 10.2 Å². The summed E-state index contributed by atoms with van der Waals surface area (Å²) in [6, 6.07) is 25.5. The molecule has 0 aliphatic rings. The number of carboxylic acid groups (broad SMARTS) is 1. The van der Waals surface area contributed by atoms with Gasteiger partial charge in [-0.25, -0.2) is 4.79 Å². The zero-order chi connectivity index (χ0) is 39.7. The van der Waals surface area contributed by atoms with Crippen LogP contribution in [0, 0.1) is 6.92 Å². The molecule has 0 bridgehead atoms. The number of fused-ring (bicyclic) bond motifs is 1. The van der Waals surface area contributed by atoms with Crippen molar-refractivity contribution in [2.24, 2.45) is 30.7 Å². The molecule has 6 rings (SSSR count). The fourth-order valence-electron chi connectivity index (χ4n) is 5.25. The Morgan fingerprint density at radius 1 is 0.600 bits per heavy atom. The van der Waals surface area contributed by atoms with Crippen LogP contribution in [-0.2, 0) is 20.2 Å². The Hall–Kier alpha value is -6.93. The summed E-state index contributed by atoms with van der Waals surface area (Å²) in [6.45, 7) is 1.71. The second kappa shape index (κ2) is 14.8. The number of anilines is 2. The zero-order valence-electron chi connectivity index (χ0n) is 28.3. The topological polar surface area (TPSA) is 292 Å². The predicted molar refractivity (Wildman–Crippen MR) is 203 cm³/mol. The number of nitrogens with zero attached hydrogens (tertiary/aromatic N) is 6. The molecule has 0 radical (unpaired) electrons. The van der Waals surface area contributed by atoms with E-state index in [0.717, 1.165) is 17.2 Å². The molecule has 0 saturated carbocycles. The molecule has 0 spiro atoms. The number of nitrogen functional groups attached to an aromatic ring is 2. The van der Waals surface area contributed by atoms with Crippen molar-refractivity contribution in [3.63, 3.8) is 0 Å². The minimum atomic E-state index is -4.91. The fraction of sp³-hybridized carbons (Fsp3) is 0.0278. The lowest BCUT2D eigenvalue weighted by molar-refractivity contribution is 0.0693. The molecule has 19 heteroatoms. The number of phenols is 1. The number of rotatable bonds is 10. The average Bonchev–Trinajstić information content (AvgIpc) is 3.14. The van der Waals surface area contributed by atoms with E-state index in [-0.39, 0.29) is 56.2 Å². The van der Waals surface area contributed by atoms with Crippen molar-refractivity contribution in [1.82, 2.24) is 0 Å². The van der Waals surface area contributed by atoms with E-state index in [1.807, 2.05) is 24.3 Å². The number of benzene rings is 6. The molecule has 8 N–H and O–H groups in total. The van der Waals surface area contributed by atoms with E-state index in [1.54, 1.807) is 37.3 Å². The minimum absolute atomic E-state index is 0.0504. The second-order valence-corrected chi connectivity index (χ2v) is 14.7. The van der Waals surface area contributed by atoms with Crippen LogP contribution in [0.1, 0.15) is 15.9 Å². The van der Waals surface area contributed by atoms with E-state index in [9.17, 15) is 40.9 Å². The molecule has 0 atom stereocenters. The maximum Gasteiger partial charge on any atom is 0.339 e. The van der Waals surface area contributed by atoms with E-state index in [1.165, 1.54) is 36.4 Å². The highest BCUT2D eigenvalue weighted by molar-refractivity contribution is 7.86. The van der Waals surface area contributed by atoms with Crippen molar-refractivity contribution < 1.29 is 40.9 Å². The van der Waals surface area contributed by atoms with Gasteiger partial charge in [-0.3, -0.25) is 9.11 Å². The van der Waals surface area contributed by atoms with Crippen LogP contribution in [0.5, 0.6) is 5.75 Å². The van der Waals surface area contributed by atoms with E-state index < -0.39 is 36.0 Å². The number of hydrogen-bond donors (Lipinski definition) is 6. The Balaban J connectivity index is 1.20. The number of carbonyl (C=O) groups is 1. The third kappa shape index (κ3) is 8.50. The lowest BCUT2D eigenvalue weighted by Crippen LogP contribution is -2.04. The first kappa shape index (κ1) is 37.8. The molecule has 0 unspecified atom stereocenters. The first-order valence-corrected chi connectivity index (χ1v) is 18.6. The Bertz CT molecular complexity index is 2830. The summed E-state index contributed by atoms with van der Waals surface area (Å²) >= 11 is 0. The van der Waals surface area contributed by atoms with Gasteiger partial charge in [0.25, 0.3) is 20.2 Å². The lowest BCUT2D eigenvalue weighted by atomic mass is 10.1. The summed E-state index contributed by atoms with van der Waals surface area (Å²) in [7, 11) is -9.69. The van der Waals surface area contributed by atoms with Gasteiger partial charge in [-0.2, -0.15) is 37.3 Å². The smallest absolute Gasteiger partial charge is 0.339 e. The van der Waals surface area contributed by atoms with Crippen molar-refractivity contribution >= 4 is 82.5 Å². The lowest BCUT2D eigenvalue weighted by Gasteiger charge is -2.10.